The maximum Gasteiger partial charge on any atom is 0.233 e. The summed E-state index contributed by atoms with van der Waals surface area (Å²) in [6, 6.07) is 8.81. The minimum absolute atomic E-state index is 0.193. The van der Waals surface area contributed by atoms with Gasteiger partial charge in [-0.05, 0) is 44.7 Å². The summed E-state index contributed by atoms with van der Waals surface area (Å²) in [5, 5.41) is 10.5. The number of para-hydroxylation sites is 1. The average Bonchev–Trinajstić information content (AvgIpc) is 3.34. The molecule has 1 aliphatic heterocycles. The highest BCUT2D eigenvalue weighted by Gasteiger charge is 2.30. The van der Waals surface area contributed by atoms with Crippen LogP contribution in [0.5, 0.6) is 0 Å². The third-order valence-electron chi connectivity index (χ3n) is 5.51. The third kappa shape index (κ3) is 3.55. The van der Waals surface area contributed by atoms with Gasteiger partial charge in [0.1, 0.15) is 5.82 Å². The Morgan fingerprint density at radius 3 is 2.93 bits per heavy atom. The molecular weight excluding hydrogens is 390 g/mol. The van der Waals surface area contributed by atoms with Crippen LogP contribution in [0.1, 0.15) is 48.5 Å². The fourth-order valence-corrected chi connectivity index (χ4v) is 5.94. The largest absolute Gasteiger partial charge is 0.341 e. The topological polar surface area (TPSA) is 63.9 Å². The molecule has 28 heavy (non-hydrogen) atoms. The number of thiazole rings is 1. The molecular formula is C20H23N5OS2. The van der Waals surface area contributed by atoms with Crippen molar-refractivity contribution in [1.82, 2.24) is 24.6 Å². The van der Waals surface area contributed by atoms with E-state index < -0.39 is 0 Å². The number of likely N-dealkylation sites (tertiary alicyclic amines) is 1. The molecule has 8 heteroatoms. The molecule has 1 atom stereocenters. The van der Waals surface area contributed by atoms with E-state index in [2.05, 4.69) is 33.0 Å². The van der Waals surface area contributed by atoms with Crippen LogP contribution in [0, 0.1) is 6.92 Å². The van der Waals surface area contributed by atoms with Crippen molar-refractivity contribution in [3.8, 4) is 0 Å². The Morgan fingerprint density at radius 2 is 2.11 bits per heavy atom. The molecule has 6 nitrogen and oxygen atoms in total. The van der Waals surface area contributed by atoms with Crippen molar-refractivity contribution >= 4 is 39.2 Å². The van der Waals surface area contributed by atoms with Gasteiger partial charge in [0.2, 0.25) is 5.91 Å². The van der Waals surface area contributed by atoms with Gasteiger partial charge in [-0.15, -0.1) is 21.5 Å². The third-order valence-corrected chi connectivity index (χ3v) is 7.63. The van der Waals surface area contributed by atoms with E-state index in [4.69, 9.17) is 4.98 Å². The van der Waals surface area contributed by atoms with Crippen LogP contribution in [-0.2, 0) is 4.79 Å². The highest BCUT2D eigenvalue weighted by molar-refractivity contribution is 7.99. The SMILES string of the molecule is Cc1nnc(SCC(=O)N2CCC[C@@H](c3nc4ccccc4s3)C2)n1C1CC1. The van der Waals surface area contributed by atoms with E-state index in [1.807, 2.05) is 17.9 Å². The zero-order valence-electron chi connectivity index (χ0n) is 15.9. The molecule has 1 saturated heterocycles. The smallest absolute Gasteiger partial charge is 0.233 e. The minimum atomic E-state index is 0.193. The van der Waals surface area contributed by atoms with Crippen molar-refractivity contribution in [3.05, 3.63) is 35.1 Å². The normalized spacial score (nSPS) is 20.0. The zero-order valence-corrected chi connectivity index (χ0v) is 17.5. The monoisotopic (exact) mass is 413 g/mol. The van der Waals surface area contributed by atoms with Crippen LogP contribution in [-0.4, -0.2) is 49.4 Å². The second-order valence-electron chi connectivity index (χ2n) is 7.62. The molecule has 0 radical (unpaired) electrons. The predicted octanol–water partition coefficient (Wildman–Crippen LogP) is 4.03. The minimum Gasteiger partial charge on any atom is -0.341 e. The molecule has 5 rings (SSSR count). The van der Waals surface area contributed by atoms with Gasteiger partial charge in [0.15, 0.2) is 5.16 Å². The molecule has 1 amide bonds. The summed E-state index contributed by atoms with van der Waals surface area (Å²) in [4.78, 5) is 19.7. The zero-order chi connectivity index (χ0) is 19.1. The van der Waals surface area contributed by atoms with E-state index in [0.717, 1.165) is 47.4 Å². The number of rotatable bonds is 5. The van der Waals surface area contributed by atoms with Gasteiger partial charge in [-0.25, -0.2) is 4.98 Å². The van der Waals surface area contributed by atoms with Crippen molar-refractivity contribution in [2.45, 2.75) is 49.7 Å². The van der Waals surface area contributed by atoms with Crippen molar-refractivity contribution in [2.75, 3.05) is 18.8 Å². The first kappa shape index (κ1) is 18.1. The van der Waals surface area contributed by atoms with Crippen molar-refractivity contribution in [3.63, 3.8) is 0 Å². The Hall–Kier alpha value is -1.93. The quantitative estimate of drug-likeness (QED) is 0.591. The standard InChI is InChI=1S/C20H23N5OS2/c1-13-22-23-20(25(13)15-8-9-15)27-12-18(26)24-10-4-5-14(11-24)19-21-16-6-2-3-7-17(16)28-19/h2-3,6-7,14-15H,4-5,8-12H2,1H3/t14-/m1/s1. The predicted molar refractivity (Wildman–Crippen MR) is 112 cm³/mol. The molecule has 0 N–H and O–H groups in total. The second-order valence-corrected chi connectivity index (χ2v) is 9.62. The van der Waals surface area contributed by atoms with Gasteiger partial charge in [0.05, 0.1) is 21.0 Å². The molecule has 3 aromatic rings. The van der Waals surface area contributed by atoms with Crippen LogP contribution >= 0.6 is 23.1 Å². The molecule has 1 saturated carbocycles. The summed E-state index contributed by atoms with van der Waals surface area (Å²) in [6.45, 7) is 3.60. The Bertz CT molecular complexity index is 976. The molecule has 2 aliphatic rings. The van der Waals surface area contributed by atoms with Crippen LogP contribution in [0.3, 0.4) is 0 Å². The number of aromatic nitrogens is 4. The lowest BCUT2D eigenvalue weighted by Gasteiger charge is -2.31. The number of amides is 1. The summed E-state index contributed by atoms with van der Waals surface area (Å²) in [6.07, 6.45) is 4.52. The summed E-state index contributed by atoms with van der Waals surface area (Å²) < 4.78 is 3.42. The first-order valence-electron chi connectivity index (χ1n) is 9.86. The Labute approximate surface area is 172 Å². The van der Waals surface area contributed by atoms with Crippen LogP contribution in [0.15, 0.2) is 29.4 Å². The maximum absolute atomic E-state index is 12.9. The Morgan fingerprint density at radius 1 is 1.25 bits per heavy atom. The van der Waals surface area contributed by atoms with Gasteiger partial charge in [-0.3, -0.25) is 4.79 Å². The number of thioether (sulfide) groups is 1. The maximum atomic E-state index is 12.9. The van der Waals surface area contributed by atoms with E-state index in [1.165, 1.54) is 29.3 Å². The molecule has 2 aromatic heterocycles. The van der Waals surface area contributed by atoms with E-state index in [-0.39, 0.29) is 5.91 Å². The van der Waals surface area contributed by atoms with E-state index in [0.29, 0.717) is 17.7 Å². The van der Waals surface area contributed by atoms with Crippen molar-refractivity contribution in [2.24, 2.45) is 0 Å². The van der Waals surface area contributed by atoms with Gasteiger partial charge < -0.3 is 9.47 Å². The second kappa shape index (κ2) is 7.48. The summed E-state index contributed by atoms with van der Waals surface area (Å²) in [5.41, 5.74) is 1.07. The molecule has 0 bridgehead atoms. The lowest BCUT2D eigenvalue weighted by molar-refractivity contribution is -0.129. The number of nitrogens with zero attached hydrogens (tertiary/aromatic N) is 5. The lowest BCUT2D eigenvalue weighted by atomic mass is 9.99. The lowest BCUT2D eigenvalue weighted by Crippen LogP contribution is -2.40. The van der Waals surface area contributed by atoms with Crippen molar-refractivity contribution < 1.29 is 4.79 Å². The van der Waals surface area contributed by atoms with Gasteiger partial charge >= 0.3 is 0 Å². The average molecular weight is 414 g/mol. The molecule has 1 aliphatic carbocycles. The summed E-state index contributed by atoms with van der Waals surface area (Å²) in [7, 11) is 0. The van der Waals surface area contributed by atoms with Gasteiger partial charge in [-0.2, -0.15) is 0 Å². The fraction of sp³-hybridized carbons (Fsp3) is 0.500. The Kier molecular flexibility index (Phi) is 4.84. The van der Waals surface area contributed by atoms with Gasteiger partial charge in [0, 0.05) is 25.0 Å². The van der Waals surface area contributed by atoms with Crippen molar-refractivity contribution in [1.29, 1.82) is 0 Å². The number of hydrogen-bond acceptors (Lipinski definition) is 6. The van der Waals surface area contributed by atoms with Gasteiger partial charge in [0.25, 0.3) is 0 Å². The first-order chi connectivity index (χ1) is 13.7. The number of piperidine rings is 1. The van der Waals surface area contributed by atoms with Crippen LogP contribution in [0.25, 0.3) is 10.2 Å². The molecule has 0 spiro atoms. The number of carbonyl (C=O) groups is 1. The number of hydrogen-bond donors (Lipinski definition) is 0. The Balaban J connectivity index is 1.24. The highest BCUT2D eigenvalue weighted by atomic mass is 32.2. The van der Waals surface area contributed by atoms with Gasteiger partial charge in [-0.1, -0.05) is 23.9 Å². The van der Waals surface area contributed by atoms with Crippen LogP contribution in [0.2, 0.25) is 0 Å². The molecule has 2 fully saturated rings. The van der Waals surface area contributed by atoms with Crippen LogP contribution < -0.4 is 0 Å². The number of fused-ring (bicyclic) bond motifs is 1. The van der Waals surface area contributed by atoms with E-state index >= 15 is 0 Å². The summed E-state index contributed by atoms with van der Waals surface area (Å²) >= 11 is 3.29. The molecule has 1 aromatic carbocycles. The van der Waals surface area contributed by atoms with E-state index in [1.54, 1.807) is 11.3 Å². The highest BCUT2D eigenvalue weighted by Crippen LogP contribution is 2.39. The summed E-state index contributed by atoms with van der Waals surface area (Å²) in [5.74, 6) is 1.92. The number of aryl methyl sites for hydroxylation is 1. The van der Waals surface area contributed by atoms with Crippen LogP contribution in [0.4, 0.5) is 0 Å². The number of benzene rings is 1. The molecule has 3 heterocycles. The molecule has 0 unspecified atom stereocenters. The molecule has 146 valence electrons. The fourth-order valence-electron chi connectivity index (χ4n) is 3.89. The number of carbonyl (C=O) groups excluding carboxylic acids is 1. The van der Waals surface area contributed by atoms with E-state index in [9.17, 15) is 4.79 Å². The first-order valence-corrected chi connectivity index (χ1v) is 11.7.